The first kappa shape index (κ1) is 12.0. The first-order valence-corrected chi connectivity index (χ1v) is 6.89. The number of rotatable bonds is 1. The van der Waals surface area contributed by atoms with Crippen LogP contribution in [0.2, 0.25) is 0 Å². The van der Waals surface area contributed by atoms with Crippen LogP contribution < -0.4 is 4.90 Å². The number of aryl methyl sites for hydroxylation is 2. The summed E-state index contributed by atoms with van der Waals surface area (Å²) in [6.07, 6.45) is 2.66. The number of piperidine rings is 1. The monoisotopic (exact) mass is 281 g/mol. The lowest BCUT2D eigenvalue weighted by molar-refractivity contribution is 0.438. The van der Waals surface area contributed by atoms with Gasteiger partial charge in [-0.05, 0) is 55.9 Å². The van der Waals surface area contributed by atoms with Crippen molar-refractivity contribution in [3.63, 3.8) is 0 Å². The molecule has 1 fully saturated rings. The lowest BCUT2D eigenvalue weighted by atomic mass is 9.98. The average Bonchev–Trinajstić information content (AvgIpc) is 2.26. The third kappa shape index (κ3) is 2.42. The first-order valence-electron chi connectivity index (χ1n) is 6.09. The molecule has 16 heavy (non-hydrogen) atoms. The quantitative estimate of drug-likeness (QED) is 0.742. The van der Waals surface area contributed by atoms with Crippen LogP contribution in [0.15, 0.2) is 16.6 Å². The number of benzene rings is 1. The maximum absolute atomic E-state index is 3.63. The topological polar surface area (TPSA) is 3.24 Å². The molecule has 1 aromatic carbocycles. The lowest BCUT2D eigenvalue weighted by Crippen LogP contribution is -2.32. The summed E-state index contributed by atoms with van der Waals surface area (Å²) in [5.41, 5.74) is 4.08. The minimum absolute atomic E-state index is 0.897. The third-order valence-electron chi connectivity index (χ3n) is 3.57. The van der Waals surface area contributed by atoms with Gasteiger partial charge in [0.15, 0.2) is 0 Å². The Kier molecular flexibility index (Phi) is 3.58. The molecule has 0 radical (unpaired) electrons. The summed E-state index contributed by atoms with van der Waals surface area (Å²) in [4.78, 5) is 2.52. The predicted octanol–water partition coefficient (Wildman–Crippen LogP) is 4.30. The van der Waals surface area contributed by atoms with E-state index in [9.17, 15) is 0 Å². The molecule has 88 valence electrons. The molecule has 2 rings (SSSR count). The van der Waals surface area contributed by atoms with Gasteiger partial charge in [0.2, 0.25) is 0 Å². The largest absolute Gasteiger partial charge is 0.371 e. The van der Waals surface area contributed by atoms with Crippen LogP contribution >= 0.6 is 15.9 Å². The molecule has 1 heterocycles. The Bertz CT molecular complexity index is 355. The summed E-state index contributed by atoms with van der Waals surface area (Å²) in [7, 11) is 0. The van der Waals surface area contributed by atoms with Crippen LogP contribution in [0.4, 0.5) is 5.69 Å². The first-order chi connectivity index (χ1) is 7.58. The van der Waals surface area contributed by atoms with E-state index >= 15 is 0 Å². The molecule has 0 amide bonds. The SMILES string of the molecule is Cc1cc(N2CCC(C)CC2)cc(C)c1Br. The molecule has 2 heteroatoms. The smallest absolute Gasteiger partial charge is 0.0372 e. The van der Waals surface area contributed by atoms with Crippen LogP contribution in [-0.4, -0.2) is 13.1 Å². The highest BCUT2D eigenvalue weighted by Gasteiger charge is 2.16. The molecule has 1 saturated heterocycles. The Balaban J connectivity index is 2.21. The van der Waals surface area contributed by atoms with Crippen LogP contribution in [0, 0.1) is 19.8 Å². The zero-order valence-electron chi connectivity index (χ0n) is 10.4. The van der Waals surface area contributed by atoms with Crippen molar-refractivity contribution in [3.8, 4) is 0 Å². The van der Waals surface area contributed by atoms with Crippen molar-refractivity contribution in [1.29, 1.82) is 0 Å². The molecule has 0 spiro atoms. The predicted molar refractivity (Wildman–Crippen MR) is 74.2 cm³/mol. The van der Waals surface area contributed by atoms with E-state index in [-0.39, 0.29) is 0 Å². The lowest BCUT2D eigenvalue weighted by Gasteiger charge is -2.32. The maximum Gasteiger partial charge on any atom is 0.0372 e. The summed E-state index contributed by atoms with van der Waals surface area (Å²) < 4.78 is 1.25. The van der Waals surface area contributed by atoms with Crippen molar-refractivity contribution in [2.24, 2.45) is 5.92 Å². The van der Waals surface area contributed by atoms with Gasteiger partial charge in [-0.3, -0.25) is 0 Å². The molecule has 0 aliphatic carbocycles. The highest BCUT2D eigenvalue weighted by atomic mass is 79.9. The van der Waals surface area contributed by atoms with Crippen molar-refractivity contribution < 1.29 is 0 Å². The van der Waals surface area contributed by atoms with Crippen LogP contribution in [0.5, 0.6) is 0 Å². The number of nitrogens with zero attached hydrogens (tertiary/aromatic N) is 1. The molecule has 1 nitrogen and oxygen atoms in total. The van der Waals surface area contributed by atoms with E-state index < -0.39 is 0 Å². The molecule has 0 bridgehead atoms. The van der Waals surface area contributed by atoms with Gasteiger partial charge in [0.1, 0.15) is 0 Å². The van der Waals surface area contributed by atoms with Crippen molar-refractivity contribution >= 4 is 21.6 Å². The molecule has 1 aromatic rings. The minimum Gasteiger partial charge on any atom is -0.371 e. The van der Waals surface area contributed by atoms with Gasteiger partial charge < -0.3 is 4.90 Å². The van der Waals surface area contributed by atoms with Crippen molar-refractivity contribution in [2.45, 2.75) is 33.6 Å². The van der Waals surface area contributed by atoms with E-state index in [4.69, 9.17) is 0 Å². The van der Waals surface area contributed by atoms with Crippen LogP contribution in [0.25, 0.3) is 0 Å². The second kappa shape index (κ2) is 4.79. The van der Waals surface area contributed by atoms with Crippen molar-refractivity contribution in [1.82, 2.24) is 0 Å². The summed E-state index contributed by atoms with van der Waals surface area (Å²) in [5, 5.41) is 0. The van der Waals surface area contributed by atoms with Gasteiger partial charge in [-0.2, -0.15) is 0 Å². The standard InChI is InChI=1S/C14H20BrN/c1-10-4-6-16(7-5-10)13-8-11(2)14(15)12(3)9-13/h8-10H,4-7H2,1-3H3. The zero-order chi connectivity index (χ0) is 11.7. The molecular weight excluding hydrogens is 262 g/mol. The second-order valence-electron chi connectivity index (χ2n) is 5.06. The van der Waals surface area contributed by atoms with Gasteiger partial charge in [-0.1, -0.05) is 22.9 Å². The number of hydrogen-bond acceptors (Lipinski definition) is 1. The van der Waals surface area contributed by atoms with E-state index in [0.717, 1.165) is 5.92 Å². The summed E-state index contributed by atoms with van der Waals surface area (Å²) >= 11 is 3.63. The summed E-state index contributed by atoms with van der Waals surface area (Å²) in [5.74, 6) is 0.897. The number of halogens is 1. The second-order valence-corrected chi connectivity index (χ2v) is 5.86. The van der Waals surface area contributed by atoms with Gasteiger partial charge in [-0.25, -0.2) is 0 Å². The Morgan fingerprint density at radius 3 is 2.12 bits per heavy atom. The van der Waals surface area contributed by atoms with E-state index in [1.807, 2.05) is 0 Å². The van der Waals surface area contributed by atoms with E-state index in [1.165, 1.54) is 47.2 Å². The Labute approximate surface area is 107 Å². The maximum atomic E-state index is 3.63. The molecule has 0 aromatic heterocycles. The normalized spacial score (nSPS) is 17.9. The molecule has 0 N–H and O–H groups in total. The van der Waals surface area contributed by atoms with Crippen molar-refractivity contribution in [2.75, 3.05) is 18.0 Å². The van der Waals surface area contributed by atoms with Crippen molar-refractivity contribution in [3.05, 3.63) is 27.7 Å². The van der Waals surface area contributed by atoms with Crippen LogP contribution in [0.1, 0.15) is 30.9 Å². The van der Waals surface area contributed by atoms with Crippen LogP contribution in [0.3, 0.4) is 0 Å². The fourth-order valence-corrected chi connectivity index (χ4v) is 2.60. The van der Waals surface area contributed by atoms with Gasteiger partial charge in [0.25, 0.3) is 0 Å². The van der Waals surface area contributed by atoms with E-state index in [1.54, 1.807) is 0 Å². The molecule has 0 unspecified atom stereocenters. The highest BCUT2D eigenvalue weighted by Crippen LogP contribution is 2.29. The van der Waals surface area contributed by atoms with Gasteiger partial charge in [0.05, 0.1) is 0 Å². The van der Waals surface area contributed by atoms with Gasteiger partial charge in [-0.15, -0.1) is 0 Å². The average molecular weight is 282 g/mol. The molecule has 0 atom stereocenters. The fraction of sp³-hybridized carbons (Fsp3) is 0.571. The fourth-order valence-electron chi connectivity index (χ4n) is 2.37. The highest BCUT2D eigenvalue weighted by molar-refractivity contribution is 9.10. The Morgan fingerprint density at radius 1 is 1.12 bits per heavy atom. The molecule has 1 aliphatic heterocycles. The number of anilines is 1. The molecular formula is C14H20BrN. The van der Waals surface area contributed by atoms with Crippen LogP contribution in [-0.2, 0) is 0 Å². The van der Waals surface area contributed by atoms with E-state index in [2.05, 4.69) is 53.7 Å². The van der Waals surface area contributed by atoms with Gasteiger partial charge >= 0.3 is 0 Å². The third-order valence-corrected chi connectivity index (χ3v) is 4.82. The summed E-state index contributed by atoms with van der Waals surface area (Å²) in [6, 6.07) is 4.60. The summed E-state index contributed by atoms with van der Waals surface area (Å²) in [6.45, 7) is 9.12. The molecule has 0 saturated carbocycles. The Morgan fingerprint density at radius 2 is 1.62 bits per heavy atom. The number of hydrogen-bond donors (Lipinski definition) is 0. The zero-order valence-corrected chi connectivity index (χ0v) is 12.0. The molecule has 1 aliphatic rings. The van der Waals surface area contributed by atoms with E-state index in [0.29, 0.717) is 0 Å². The van der Waals surface area contributed by atoms with Gasteiger partial charge in [0, 0.05) is 23.2 Å². The Hall–Kier alpha value is -0.500. The minimum atomic E-state index is 0.897.